The van der Waals surface area contributed by atoms with Crippen LogP contribution < -0.4 is 5.32 Å². The standard InChI is InChI=1S/C14H30N2O2/c1-4-17-14(18-5-2)12-16-10-7-13(8-11-16)6-9-15-3/h13-15H,4-12H2,1-3H3. The third-order valence-electron chi connectivity index (χ3n) is 3.62. The van der Waals surface area contributed by atoms with E-state index in [1.807, 2.05) is 20.9 Å². The van der Waals surface area contributed by atoms with E-state index >= 15 is 0 Å². The van der Waals surface area contributed by atoms with Crippen LogP contribution in [0, 0.1) is 5.92 Å². The Labute approximate surface area is 112 Å². The predicted molar refractivity (Wildman–Crippen MR) is 74.7 cm³/mol. The predicted octanol–water partition coefficient (Wildman–Crippen LogP) is 1.71. The van der Waals surface area contributed by atoms with Crippen molar-refractivity contribution < 1.29 is 9.47 Å². The minimum atomic E-state index is -0.0474. The molecular formula is C14H30N2O2. The lowest BCUT2D eigenvalue weighted by molar-refractivity contribution is -0.149. The number of nitrogens with one attached hydrogen (secondary N) is 1. The van der Waals surface area contributed by atoms with Gasteiger partial charge in [0.15, 0.2) is 6.29 Å². The fourth-order valence-corrected chi connectivity index (χ4v) is 2.54. The number of rotatable bonds is 9. The van der Waals surface area contributed by atoms with Crippen LogP contribution in [0.15, 0.2) is 0 Å². The first kappa shape index (κ1) is 15.9. The minimum Gasteiger partial charge on any atom is -0.352 e. The van der Waals surface area contributed by atoms with Gasteiger partial charge in [0.05, 0.1) is 0 Å². The van der Waals surface area contributed by atoms with Crippen LogP contribution in [-0.2, 0) is 9.47 Å². The molecule has 1 N–H and O–H groups in total. The monoisotopic (exact) mass is 258 g/mol. The second-order valence-corrected chi connectivity index (χ2v) is 4.98. The van der Waals surface area contributed by atoms with Crippen molar-refractivity contribution in [2.45, 2.75) is 39.4 Å². The van der Waals surface area contributed by atoms with Crippen LogP contribution in [0.1, 0.15) is 33.1 Å². The van der Waals surface area contributed by atoms with E-state index in [-0.39, 0.29) is 6.29 Å². The number of piperidine rings is 1. The van der Waals surface area contributed by atoms with Gasteiger partial charge in [-0.2, -0.15) is 0 Å². The molecule has 1 rings (SSSR count). The Morgan fingerprint density at radius 3 is 2.28 bits per heavy atom. The van der Waals surface area contributed by atoms with Crippen molar-refractivity contribution in [3.05, 3.63) is 0 Å². The van der Waals surface area contributed by atoms with Crippen LogP contribution >= 0.6 is 0 Å². The highest BCUT2D eigenvalue weighted by Crippen LogP contribution is 2.20. The molecule has 108 valence electrons. The number of nitrogens with zero attached hydrogens (tertiary/aromatic N) is 1. The fraction of sp³-hybridized carbons (Fsp3) is 1.00. The summed E-state index contributed by atoms with van der Waals surface area (Å²) >= 11 is 0. The Balaban J connectivity index is 2.20. The third-order valence-corrected chi connectivity index (χ3v) is 3.62. The van der Waals surface area contributed by atoms with Crippen molar-refractivity contribution in [3.8, 4) is 0 Å². The largest absolute Gasteiger partial charge is 0.352 e. The molecule has 0 spiro atoms. The molecule has 0 saturated carbocycles. The topological polar surface area (TPSA) is 33.7 Å². The van der Waals surface area contributed by atoms with Crippen molar-refractivity contribution in [1.29, 1.82) is 0 Å². The highest BCUT2D eigenvalue weighted by atomic mass is 16.7. The van der Waals surface area contributed by atoms with Crippen LogP contribution in [0.3, 0.4) is 0 Å². The second-order valence-electron chi connectivity index (χ2n) is 4.98. The SMILES string of the molecule is CCOC(CN1CCC(CCNC)CC1)OCC. The Kier molecular flexibility index (Phi) is 8.59. The van der Waals surface area contributed by atoms with E-state index in [4.69, 9.17) is 9.47 Å². The van der Waals surface area contributed by atoms with E-state index in [1.165, 1.54) is 32.4 Å². The molecule has 0 aromatic heterocycles. The summed E-state index contributed by atoms with van der Waals surface area (Å²) < 4.78 is 11.2. The van der Waals surface area contributed by atoms with Crippen molar-refractivity contribution >= 4 is 0 Å². The molecule has 1 saturated heterocycles. The van der Waals surface area contributed by atoms with Gasteiger partial charge in [-0.1, -0.05) is 0 Å². The van der Waals surface area contributed by atoms with Gasteiger partial charge in [-0.05, 0) is 65.7 Å². The molecule has 1 heterocycles. The first-order valence-electron chi connectivity index (χ1n) is 7.40. The molecule has 1 fully saturated rings. The number of hydrogen-bond donors (Lipinski definition) is 1. The average Bonchev–Trinajstić information content (AvgIpc) is 2.38. The zero-order chi connectivity index (χ0) is 13.2. The molecule has 0 radical (unpaired) electrons. The average molecular weight is 258 g/mol. The van der Waals surface area contributed by atoms with Crippen LogP contribution in [0.4, 0.5) is 0 Å². The van der Waals surface area contributed by atoms with Gasteiger partial charge in [-0.15, -0.1) is 0 Å². The third kappa shape index (κ3) is 6.14. The van der Waals surface area contributed by atoms with Crippen LogP contribution in [0.2, 0.25) is 0 Å². The van der Waals surface area contributed by atoms with E-state index in [0.29, 0.717) is 0 Å². The summed E-state index contributed by atoms with van der Waals surface area (Å²) in [6, 6.07) is 0. The molecule has 4 nitrogen and oxygen atoms in total. The van der Waals surface area contributed by atoms with Crippen molar-refractivity contribution in [3.63, 3.8) is 0 Å². The lowest BCUT2D eigenvalue weighted by Crippen LogP contribution is -2.41. The second kappa shape index (κ2) is 9.73. The fourth-order valence-electron chi connectivity index (χ4n) is 2.54. The molecule has 0 atom stereocenters. The van der Waals surface area contributed by atoms with Crippen molar-refractivity contribution in [2.75, 3.05) is 46.4 Å². The summed E-state index contributed by atoms with van der Waals surface area (Å²) in [5, 5.41) is 3.24. The van der Waals surface area contributed by atoms with E-state index in [1.54, 1.807) is 0 Å². The van der Waals surface area contributed by atoms with Crippen LogP contribution in [-0.4, -0.2) is 57.6 Å². The van der Waals surface area contributed by atoms with E-state index in [9.17, 15) is 0 Å². The van der Waals surface area contributed by atoms with E-state index in [2.05, 4.69) is 10.2 Å². The molecule has 0 amide bonds. The highest BCUT2D eigenvalue weighted by molar-refractivity contribution is 4.73. The van der Waals surface area contributed by atoms with Crippen LogP contribution in [0.5, 0.6) is 0 Å². The van der Waals surface area contributed by atoms with Gasteiger partial charge in [0.2, 0.25) is 0 Å². The van der Waals surface area contributed by atoms with E-state index < -0.39 is 0 Å². The molecule has 0 aromatic carbocycles. The Morgan fingerprint density at radius 2 is 1.78 bits per heavy atom. The molecule has 18 heavy (non-hydrogen) atoms. The maximum absolute atomic E-state index is 5.60. The van der Waals surface area contributed by atoms with Gasteiger partial charge >= 0.3 is 0 Å². The number of likely N-dealkylation sites (tertiary alicyclic amines) is 1. The van der Waals surface area contributed by atoms with Crippen molar-refractivity contribution in [2.24, 2.45) is 5.92 Å². The maximum Gasteiger partial charge on any atom is 0.170 e. The van der Waals surface area contributed by atoms with Gasteiger partial charge in [0, 0.05) is 19.8 Å². The van der Waals surface area contributed by atoms with Gasteiger partial charge < -0.3 is 14.8 Å². The van der Waals surface area contributed by atoms with Gasteiger partial charge in [0.25, 0.3) is 0 Å². The van der Waals surface area contributed by atoms with E-state index in [0.717, 1.165) is 32.2 Å². The molecule has 0 unspecified atom stereocenters. The Morgan fingerprint density at radius 1 is 1.17 bits per heavy atom. The summed E-state index contributed by atoms with van der Waals surface area (Å²) in [5.41, 5.74) is 0. The van der Waals surface area contributed by atoms with Crippen LogP contribution in [0.25, 0.3) is 0 Å². The molecule has 4 heteroatoms. The molecule has 0 aromatic rings. The first-order chi connectivity index (χ1) is 8.80. The first-order valence-corrected chi connectivity index (χ1v) is 7.40. The Hall–Kier alpha value is -0.160. The quantitative estimate of drug-likeness (QED) is 0.638. The zero-order valence-electron chi connectivity index (χ0n) is 12.3. The molecule has 0 aliphatic carbocycles. The molecule has 0 bridgehead atoms. The number of ether oxygens (including phenoxy) is 2. The summed E-state index contributed by atoms with van der Waals surface area (Å²) in [7, 11) is 2.03. The maximum atomic E-state index is 5.60. The molecular weight excluding hydrogens is 228 g/mol. The zero-order valence-corrected chi connectivity index (χ0v) is 12.3. The highest BCUT2D eigenvalue weighted by Gasteiger charge is 2.21. The lowest BCUT2D eigenvalue weighted by Gasteiger charge is -2.34. The molecule has 1 aliphatic rings. The summed E-state index contributed by atoms with van der Waals surface area (Å²) in [4.78, 5) is 2.48. The van der Waals surface area contributed by atoms with Gasteiger partial charge in [-0.25, -0.2) is 0 Å². The molecule has 1 aliphatic heterocycles. The van der Waals surface area contributed by atoms with Crippen molar-refractivity contribution in [1.82, 2.24) is 10.2 Å². The summed E-state index contributed by atoms with van der Waals surface area (Å²) in [6.07, 6.45) is 3.89. The normalized spacial score (nSPS) is 18.7. The Bertz CT molecular complexity index is 188. The summed E-state index contributed by atoms with van der Waals surface area (Å²) in [5.74, 6) is 0.895. The summed E-state index contributed by atoms with van der Waals surface area (Å²) in [6.45, 7) is 9.93. The van der Waals surface area contributed by atoms with Gasteiger partial charge in [-0.3, -0.25) is 4.90 Å². The van der Waals surface area contributed by atoms with Gasteiger partial charge in [0.1, 0.15) is 0 Å². The smallest absolute Gasteiger partial charge is 0.170 e. The minimum absolute atomic E-state index is 0.0474. The lowest BCUT2D eigenvalue weighted by atomic mass is 9.93. The number of hydrogen-bond acceptors (Lipinski definition) is 4.